The van der Waals surface area contributed by atoms with Gasteiger partial charge in [-0.2, -0.15) is 0 Å². The van der Waals surface area contributed by atoms with Crippen LogP contribution in [0.2, 0.25) is 0 Å². The lowest BCUT2D eigenvalue weighted by Gasteiger charge is -2.59. The molecule has 124 valence electrons. The Balaban J connectivity index is 1.64. The predicted octanol–water partition coefficient (Wildman–Crippen LogP) is 3.91. The van der Waals surface area contributed by atoms with Crippen LogP contribution in [0.5, 0.6) is 0 Å². The fourth-order valence-electron chi connectivity index (χ4n) is 6.99. The molecule has 0 spiro atoms. The van der Waals surface area contributed by atoms with Crippen molar-refractivity contribution in [1.82, 2.24) is 0 Å². The van der Waals surface area contributed by atoms with Crippen molar-refractivity contribution in [3.05, 3.63) is 0 Å². The highest BCUT2D eigenvalue weighted by Gasteiger charge is 2.62. The van der Waals surface area contributed by atoms with Crippen LogP contribution in [0.3, 0.4) is 0 Å². The van der Waals surface area contributed by atoms with E-state index >= 15 is 0 Å². The van der Waals surface area contributed by atoms with E-state index in [2.05, 4.69) is 13.8 Å². The smallest absolute Gasteiger partial charge is 0.133 e. The molecule has 0 heterocycles. The molecule has 4 aliphatic rings. The van der Waals surface area contributed by atoms with Crippen LogP contribution < -0.4 is 0 Å². The minimum absolute atomic E-state index is 0.214. The van der Waals surface area contributed by atoms with Gasteiger partial charge in [-0.1, -0.05) is 13.8 Å². The van der Waals surface area contributed by atoms with Crippen LogP contribution in [0.4, 0.5) is 4.39 Å². The Kier molecular flexibility index (Phi) is 3.28. The maximum absolute atomic E-state index is 14.2. The summed E-state index contributed by atoms with van der Waals surface area (Å²) in [5, 5.41) is 10.4. The Hall–Kier alpha value is -0.440. The van der Waals surface area contributed by atoms with Gasteiger partial charge < -0.3 is 5.11 Å². The Labute approximate surface area is 132 Å². The van der Waals surface area contributed by atoms with Gasteiger partial charge in [-0.05, 0) is 73.0 Å². The minimum atomic E-state index is -1.03. The molecule has 0 aromatic carbocycles. The summed E-state index contributed by atoms with van der Waals surface area (Å²) in [5.41, 5.74) is 0.0613. The molecule has 0 aromatic heterocycles. The second kappa shape index (κ2) is 4.78. The summed E-state index contributed by atoms with van der Waals surface area (Å²) in [7, 11) is 0. The molecule has 8 atom stereocenters. The van der Waals surface area contributed by atoms with Crippen LogP contribution >= 0.6 is 0 Å². The molecule has 4 rings (SSSR count). The second-order valence-electron chi connectivity index (χ2n) is 9.14. The fraction of sp³-hybridized carbons (Fsp3) is 0.947. The molecule has 2 nitrogen and oxygen atoms in total. The van der Waals surface area contributed by atoms with Gasteiger partial charge >= 0.3 is 0 Å². The van der Waals surface area contributed by atoms with Gasteiger partial charge in [0.05, 0.1) is 6.10 Å². The standard InChI is InChI=1S/C19H29FO2/c1-18-7-5-12(21)9-11(18)3-4-13-14(18)6-8-19(2)15(13)10-16(20)17(19)22/h11,13-17,22H,3-10H2,1-2H3/t11-,13+,14-,15-,16+,17+,18-,19-/m0/s1. The number of carbonyl (C=O) groups is 1. The van der Waals surface area contributed by atoms with E-state index in [4.69, 9.17) is 0 Å². The van der Waals surface area contributed by atoms with Crippen LogP contribution in [-0.2, 0) is 4.79 Å². The van der Waals surface area contributed by atoms with Gasteiger partial charge in [-0.15, -0.1) is 0 Å². The van der Waals surface area contributed by atoms with E-state index in [9.17, 15) is 14.3 Å². The van der Waals surface area contributed by atoms with Gasteiger partial charge in [0, 0.05) is 12.8 Å². The van der Waals surface area contributed by atoms with Crippen molar-refractivity contribution in [2.24, 2.45) is 34.5 Å². The van der Waals surface area contributed by atoms with E-state index in [0.717, 1.165) is 44.9 Å². The first kappa shape index (κ1) is 15.1. The summed E-state index contributed by atoms with van der Waals surface area (Å²) in [6.45, 7) is 4.53. The number of Topliss-reactive ketones (excluding diaryl/α,β-unsaturated/α-hetero) is 1. The minimum Gasteiger partial charge on any atom is -0.390 e. The number of hydrogen-bond donors (Lipinski definition) is 1. The number of fused-ring (bicyclic) bond motifs is 5. The van der Waals surface area contributed by atoms with Gasteiger partial charge in [0.25, 0.3) is 0 Å². The first-order chi connectivity index (χ1) is 10.4. The first-order valence-corrected chi connectivity index (χ1v) is 9.20. The van der Waals surface area contributed by atoms with Gasteiger partial charge in [0.1, 0.15) is 12.0 Å². The summed E-state index contributed by atoms with van der Waals surface area (Å²) < 4.78 is 14.2. The quantitative estimate of drug-likeness (QED) is 0.737. The molecule has 0 radical (unpaired) electrons. The molecule has 4 aliphatic carbocycles. The second-order valence-corrected chi connectivity index (χ2v) is 9.14. The molecule has 0 bridgehead atoms. The Bertz CT molecular complexity index is 492. The van der Waals surface area contributed by atoms with E-state index in [1.807, 2.05) is 0 Å². The molecule has 0 aromatic rings. The van der Waals surface area contributed by atoms with Crippen LogP contribution in [-0.4, -0.2) is 23.2 Å². The van der Waals surface area contributed by atoms with Gasteiger partial charge in [0.2, 0.25) is 0 Å². The SMILES string of the molecule is C[C@]12CCC(=O)C[C@@H]1CC[C@@H]1[C@@H]2CC[C@]2(C)[C@H](O)[C@H](F)C[C@@H]12. The average molecular weight is 308 g/mol. The van der Waals surface area contributed by atoms with E-state index in [-0.39, 0.29) is 10.8 Å². The molecule has 3 heteroatoms. The fourth-order valence-corrected chi connectivity index (χ4v) is 6.99. The van der Waals surface area contributed by atoms with E-state index in [1.54, 1.807) is 0 Å². The Morgan fingerprint density at radius 2 is 1.86 bits per heavy atom. The average Bonchev–Trinajstić information content (AvgIpc) is 2.72. The van der Waals surface area contributed by atoms with Gasteiger partial charge in [-0.25, -0.2) is 4.39 Å². The third kappa shape index (κ3) is 1.84. The number of ketones is 1. The molecule has 4 fully saturated rings. The van der Waals surface area contributed by atoms with E-state index in [0.29, 0.717) is 35.9 Å². The van der Waals surface area contributed by atoms with Crippen molar-refractivity contribution in [3.63, 3.8) is 0 Å². The van der Waals surface area contributed by atoms with Crippen LogP contribution in [0.15, 0.2) is 0 Å². The van der Waals surface area contributed by atoms with Crippen LogP contribution in [0, 0.1) is 34.5 Å². The Morgan fingerprint density at radius 1 is 1.09 bits per heavy atom. The first-order valence-electron chi connectivity index (χ1n) is 9.20. The lowest BCUT2D eigenvalue weighted by atomic mass is 9.45. The highest BCUT2D eigenvalue weighted by atomic mass is 19.1. The van der Waals surface area contributed by atoms with Crippen molar-refractivity contribution in [2.75, 3.05) is 0 Å². The maximum atomic E-state index is 14.2. The van der Waals surface area contributed by atoms with Crippen LogP contribution in [0.25, 0.3) is 0 Å². The molecule has 0 unspecified atom stereocenters. The highest BCUT2D eigenvalue weighted by molar-refractivity contribution is 5.79. The summed E-state index contributed by atoms with van der Waals surface area (Å²) in [5.74, 6) is 2.53. The summed E-state index contributed by atoms with van der Waals surface area (Å²) >= 11 is 0. The number of rotatable bonds is 0. The molecular weight excluding hydrogens is 279 g/mol. The number of alkyl halides is 1. The third-order valence-electron chi connectivity index (χ3n) is 8.42. The molecular formula is C19H29FO2. The van der Waals surface area contributed by atoms with Crippen molar-refractivity contribution >= 4 is 5.78 Å². The monoisotopic (exact) mass is 308 g/mol. The zero-order valence-electron chi connectivity index (χ0n) is 13.9. The zero-order valence-corrected chi connectivity index (χ0v) is 13.9. The molecule has 0 amide bonds. The summed E-state index contributed by atoms with van der Waals surface area (Å²) in [6.07, 6.45) is 5.63. The third-order valence-corrected chi connectivity index (χ3v) is 8.42. The van der Waals surface area contributed by atoms with Crippen molar-refractivity contribution in [3.8, 4) is 0 Å². The topological polar surface area (TPSA) is 37.3 Å². The number of aliphatic hydroxyl groups is 1. The molecule has 22 heavy (non-hydrogen) atoms. The van der Waals surface area contributed by atoms with Gasteiger partial charge in [0.15, 0.2) is 0 Å². The highest BCUT2D eigenvalue weighted by Crippen LogP contribution is 2.66. The van der Waals surface area contributed by atoms with Crippen molar-refractivity contribution in [2.45, 2.75) is 77.5 Å². The number of aliphatic hydroxyl groups excluding tert-OH is 1. The van der Waals surface area contributed by atoms with Crippen molar-refractivity contribution in [1.29, 1.82) is 0 Å². The zero-order chi connectivity index (χ0) is 15.7. The number of halogens is 1. The largest absolute Gasteiger partial charge is 0.390 e. The van der Waals surface area contributed by atoms with E-state index in [1.165, 1.54) is 0 Å². The van der Waals surface area contributed by atoms with Crippen LogP contribution in [0.1, 0.15) is 65.2 Å². The maximum Gasteiger partial charge on any atom is 0.133 e. The molecule has 0 aliphatic heterocycles. The number of carbonyl (C=O) groups excluding carboxylic acids is 1. The molecule has 4 saturated carbocycles. The lowest BCUT2D eigenvalue weighted by molar-refractivity contribution is -0.142. The van der Waals surface area contributed by atoms with Crippen molar-refractivity contribution < 1.29 is 14.3 Å². The van der Waals surface area contributed by atoms with E-state index < -0.39 is 12.3 Å². The Morgan fingerprint density at radius 3 is 2.64 bits per heavy atom. The van der Waals surface area contributed by atoms with Gasteiger partial charge in [-0.3, -0.25) is 4.79 Å². The summed E-state index contributed by atoms with van der Waals surface area (Å²) in [4.78, 5) is 11.9. The summed E-state index contributed by atoms with van der Waals surface area (Å²) in [6, 6.07) is 0. The molecule has 1 N–H and O–H groups in total. The lowest BCUT2D eigenvalue weighted by Crippen LogP contribution is -2.54. The number of hydrogen-bond acceptors (Lipinski definition) is 2. The predicted molar refractivity (Wildman–Crippen MR) is 83.0 cm³/mol. The molecule has 0 saturated heterocycles. The normalized spacial score (nSPS) is 57.9.